The number of hydrazine groups is 1. The van der Waals surface area contributed by atoms with Gasteiger partial charge in [0.05, 0.1) is 25.3 Å². The van der Waals surface area contributed by atoms with Crippen LogP contribution < -0.4 is 4.90 Å². The molecule has 5 aromatic carbocycles. The minimum absolute atomic E-state index is 0.179. The van der Waals surface area contributed by atoms with Crippen molar-refractivity contribution in [3.8, 4) is 11.1 Å². The molecule has 44 heavy (non-hydrogen) atoms. The molecule has 0 saturated heterocycles. The number of guanidine groups is 1. The van der Waals surface area contributed by atoms with Crippen LogP contribution in [0.15, 0.2) is 145 Å². The van der Waals surface area contributed by atoms with Gasteiger partial charge in [0.2, 0.25) is 5.96 Å². The highest BCUT2D eigenvalue weighted by molar-refractivity contribution is 6.01. The first-order valence-corrected chi connectivity index (χ1v) is 14.9. The molecule has 6 heteroatoms. The van der Waals surface area contributed by atoms with E-state index in [0.29, 0.717) is 13.1 Å². The Labute approximate surface area is 259 Å². The molecule has 1 unspecified atom stereocenters. The van der Waals surface area contributed by atoms with E-state index < -0.39 is 0 Å². The molecule has 0 radical (unpaired) electrons. The number of hydrogen-bond donors (Lipinski definition) is 0. The molecule has 1 heterocycles. The van der Waals surface area contributed by atoms with E-state index in [1.807, 2.05) is 48.5 Å². The number of ether oxygens (including phenoxy) is 1. The maximum absolute atomic E-state index is 12.9. The third-order valence-electron chi connectivity index (χ3n) is 8.01. The molecular weight excluding hydrogens is 544 g/mol. The number of para-hydroxylation sites is 1. The lowest BCUT2D eigenvalue weighted by atomic mass is 9.97. The monoisotopic (exact) mass is 580 g/mol. The summed E-state index contributed by atoms with van der Waals surface area (Å²) >= 11 is 0. The third kappa shape index (κ3) is 6.41. The first-order chi connectivity index (χ1) is 21.6. The van der Waals surface area contributed by atoms with Crippen molar-refractivity contribution in [2.24, 2.45) is 4.99 Å². The van der Waals surface area contributed by atoms with Crippen LogP contribution in [0.3, 0.4) is 0 Å². The minimum atomic E-state index is -0.313. The zero-order chi connectivity index (χ0) is 30.3. The topological polar surface area (TPSA) is 48.4 Å². The standard InChI is InChI=1S/C38H36N4O2/c1-40(41(27-29-14-6-3-7-15-29)28-30-16-8-4-9-17-30)38-39-35-21-13-12-20-34(35)36(26-37(43)44-2)42(38)33-24-22-32(23-25-33)31-18-10-5-11-19-31/h3-25,36H,26-28H2,1-2H3. The Balaban J connectivity index is 1.45. The molecule has 0 fully saturated rings. The highest BCUT2D eigenvalue weighted by atomic mass is 16.5. The number of esters is 1. The van der Waals surface area contributed by atoms with Crippen LogP contribution in [0.25, 0.3) is 11.1 Å². The first-order valence-electron chi connectivity index (χ1n) is 14.9. The van der Waals surface area contributed by atoms with E-state index in [9.17, 15) is 4.79 Å². The number of carbonyl (C=O) groups excluding carboxylic acids is 1. The lowest BCUT2D eigenvalue weighted by molar-refractivity contribution is -0.141. The normalized spacial score (nSPS) is 14.1. The molecule has 6 rings (SSSR count). The van der Waals surface area contributed by atoms with E-state index in [1.54, 1.807) is 0 Å². The summed E-state index contributed by atoms with van der Waals surface area (Å²) in [5.41, 5.74) is 7.43. The van der Waals surface area contributed by atoms with Crippen LogP contribution in [0.5, 0.6) is 0 Å². The molecule has 0 bridgehead atoms. The largest absolute Gasteiger partial charge is 0.469 e. The molecule has 0 spiro atoms. The van der Waals surface area contributed by atoms with Gasteiger partial charge in [0, 0.05) is 31.4 Å². The van der Waals surface area contributed by atoms with Gasteiger partial charge in [-0.1, -0.05) is 121 Å². The molecule has 0 saturated carbocycles. The van der Waals surface area contributed by atoms with Crippen molar-refractivity contribution in [2.45, 2.75) is 25.6 Å². The van der Waals surface area contributed by atoms with Gasteiger partial charge >= 0.3 is 5.97 Å². The smallest absolute Gasteiger partial charge is 0.307 e. The summed E-state index contributed by atoms with van der Waals surface area (Å²) in [6, 6.07) is 47.5. The Morgan fingerprint density at radius 2 is 1.23 bits per heavy atom. The number of fused-ring (bicyclic) bond motifs is 1. The van der Waals surface area contributed by atoms with E-state index in [4.69, 9.17) is 9.73 Å². The lowest BCUT2D eigenvalue weighted by Gasteiger charge is -2.44. The molecule has 1 aliphatic heterocycles. The maximum atomic E-state index is 12.9. The highest BCUT2D eigenvalue weighted by Gasteiger charge is 2.36. The van der Waals surface area contributed by atoms with Crippen molar-refractivity contribution in [1.82, 2.24) is 10.0 Å². The Hall–Kier alpha value is -5.20. The van der Waals surface area contributed by atoms with Crippen LogP contribution in [0.4, 0.5) is 11.4 Å². The number of hydrogen-bond acceptors (Lipinski definition) is 6. The number of carbonyl (C=O) groups is 1. The second-order valence-corrected chi connectivity index (χ2v) is 10.9. The zero-order valence-electron chi connectivity index (χ0n) is 25.1. The van der Waals surface area contributed by atoms with E-state index >= 15 is 0 Å². The Bertz CT molecular complexity index is 1670. The summed E-state index contributed by atoms with van der Waals surface area (Å²) in [7, 11) is 3.50. The van der Waals surface area contributed by atoms with Crippen LogP contribution in [0, 0.1) is 0 Å². The number of aliphatic imine (C=N–C) groups is 1. The first kappa shape index (κ1) is 28.9. The van der Waals surface area contributed by atoms with E-state index in [0.717, 1.165) is 34.0 Å². The van der Waals surface area contributed by atoms with Gasteiger partial charge in [-0.25, -0.2) is 10.0 Å². The number of nitrogens with zero attached hydrogens (tertiary/aromatic N) is 4. The summed E-state index contributed by atoms with van der Waals surface area (Å²) in [6.45, 7) is 1.35. The molecule has 0 aromatic heterocycles. The van der Waals surface area contributed by atoms with Crippen molar-refractivity contribution in [3.05, 3.63) is 156 Å². The lowest BCUT2D eigenvalue weighted by Crippen LogP contribution is -2.53. The number of rotatable bonds is 9. The van der Waals surface area contributed by atoms with Gasteiger partial charge in [0.25, 0.3) is 0 Å². The molecule has 6 nitrogen and oxygen atoms in total. The molecule has 0 aliphatic carbocycles. The zero-order valence-corrected chi connectivity index (χ0v) is 25.1. The minimum Gasteiger partial charge on any atom is -0.469 e. The van der Waals surface area contributed by atoms with Gasteiger partial charge in [-0.2, -0.15) is 0 Å². The predicted octanol–water partition coefficient (Wildman–Crippen LogP) is 8.01. The maximum Gasteiger partial charge on any atom is 0.307 e. The van der Waals surface area contributed by atoms with Crippen molar-refractivity contribution in [2.75, 3.05) is 19.1 Å². The van der Waals surface area contributed by atoms with Crippen LogP contribution in [0.1, 0.15) is 29.2 Å². The van der Waals surface area contributed by atoms with Crippen molar-refractivity contribution < 1.29 is 9.53 Å². The molecule has 0 N–H and O–H groups in total. The fourth-order valence-corrected chi connectivity index (χ4v) is 5.71. The average molecular weight is 581 g/mol. The average Bonchev–Trinajstić information content (AvgIpc) is 3.09. The van der Waals surface area contributed by atoms with Crippen molar-refractivity contribution in [3.63, 3.8) is 0 Å². The van der Waals surface area contributed by atoms with Crippen LogP contribution >= 0.6 is 0 Å². The van der Waals surface area contributed by atoms with Crippen LogP contribution in [-0.4, -0.2) is 36.1 Å². The fourth-order valence-electron chi connectivity index (χ4n) is 5.71. The quantitative estimate of drug-likeness (QED) is 0.131. The molecule has 5 aromatic rings. The summed E-state index contributed by atoms with van der Waals surface area (Å²) in [5, 5.41) is 4.42. The van der Waals surface area contributed by atoms with Gasteiger partial charge in [-0.05, 0) is 40.5 Å². The Morgan fingerprint density at radius 3 is 1.82 bits per heavy atom. The van der Waals surface area contributed by atoms with Crippen LogP contribution in [-0.2, 0) is 22.6 Å². The summed E-state index contributed by atoms with van der Waals surface area (Å²) in [5.74, 6) is 0.460. The van der Waals surface area contributed by atoms with Crippen LogP contribution in [0.2, 0.25) is 0 Å². The van der Waals surface area contributed by atoms with Gasteiger partial charge in [0.15, 0.2) is 0 Å². The fraction of sp³-hybridized carbons (Fsp3) is 0.158. The summed E-state index contributed by atoms with van der Waals surface area (Å²) in [4.78, 5) is 20.3. The van der Waals surface area contributed by atoms with Crippen molar-refractivity contribution in [1.29, 1.82) is 0 Å². The Kier molecular flexibility index (Phi) is 8.80. The summed E-state index contributed by atoms with van der Waals surface area (Å²) in [6.07, 6.45) is 0.179. The summed E-state index contributed by atoms with van der Waals surface area (Å²) < 4.78 is 5.20. The van der Waals surface area contributed by atoms with Gasteiger partial charge in [-0.15, -0.1) is 0 Å². The second kappa shape index (κ2) is 13.4. The van der Waals surface area contributed by atoms with Gasteiger partial charge < -0.3 is 9.64 Å². The number of methoxy groups -OCH3 is 1. The number of anilines is 1. The molecule has 1 atom stereocenters. The number of benzene rings is 5. The van der Waals surface area contributed by atoms with Gasteiger partial charge in [0.1, 0.15) is 0 Å². The third-order valence-corrected chi connectivity index (χ3v) is 8.01. The van der Waals surface area contributed by atoms with E-state index in [1.165, 1.54) is 18.2 Å². The molecular formula is C38H36N4O2. The van der Waals surface area contributed by atoms with Crippen molar-refractivity contribution >= 4 is 23.3 Å². The van der Waals surface area contributed by atoms with Gasteiger partial charge in [-0.3, -0.25) is 9.80 Å². The highest BCUT2D eigenvalue weighted by Crippen LogP contribution is 2.41. The predicted molar refractivity (Wildman–Crippen MR) is 177 cm³/mol. The molecule has 1 aliphatic rings. The Morgan fingerprint density at radius 1 is 0.705 bits per heavy atom. The SMILES string of the molecule is COC(=O)CC1c2ccccc2N=C(N(C)N(Cc2ccccc2)Cc2ccccc2)N1c1ccc(-c2ccccc2)cc1. The second-order valence-electron chi connectivity index (χ2n) is 10.9. The van der Waals surface area contributed by atoms with E-state index in [-0.39, 0.29) is 18.4 Å². The molecule has 220 valence electrons. The van der Waals surface area contributed by atoms with E-state index in [2.05, 4.69) is 113 Å². The molecule has 0 amide bonds.